The van der Waals surface area contributed by atoms with Crippen molar-refractivity contribution in [2.45, 2.75) is 199 Å². The minimum atomic E-state index is -2.21. The fourth-order valence-corrected chi connectivity index (χ4v) is 9.38. The standard InChI is InChI=1S/C46H80O12/c1-11-16-33-18-15-13-14-17-28(5)43(53)45(10,55)44(54)41(52)40(51)31(8)39(50)30(7)38(49)27(4)19-22-37(48)56-42-29(6)35(21-20-33)57-46(32(42)9)24-23-26(3)36(58-46)25-34(47)12-2/h13-15,18-19,22,26-36,38-44,47,49-55H,11-12,16-17,20-21,23-25H2,1-10H3/b14-13+,18-15+,22-19+. The second-order valence-corrected chi connectivity index (χ2v) is 18.7. The van der Waals surface area contributed by atoms with Crippen molar-refractivity contribution in [3.8, 4) is 0 Å². The van der Waals surface area contributed by atoms with Gasteiger partial charge in [-0.05, 0) is 69.6 Å². The van der Waals surface area contributed by atoms with Crippen molar-refractivity contribution in [3.05, 3.63) is 36.5 Å². The zero-order valence-electron chi connectivity index (χ0n) is 36.9. The van der Waals surface area contributed by atoms with Gasteiger partial charge in [0.05, 0.1) is 42.7 Å². The molecule has 0 aliphatic carbocycles. The van der Waals surface area contributed by atoms with Gasteiger partial charge in [0, 0.05) is 42.1 Å². The van der Waals surface area contributed by atoms with Crippen LogP contribution in [0, 0.1) is 47.3 Å². The van der Waals surface area contributed by atoms with Gasteiger partial charge < -0.3 is 55.1 Å². The topological polar surface area (TPSA) is 207 Å². The van der Waals surface area contributed by atoms with E-state index < -0.39 is 89.9 Å². The third kappa shape index (κ3) is 12.4. The Balaban J connectivity index is 2.00. The highest BCUT2D eigenvalue weighted by molar-refractivity contribution is 5.82. The summed E-state index contributed by atoms with van der Waals surface area (Å²) >= 11 is 0. The molecule has 3 heterocycles. The molecule has 12 nitrogen and oxygen atoms in total. The van der Waals surface area contributed by atoms with Crippen molar-refractivity contribution < 1.29 is 59.9 Å². The maximum atomic E-state index is 13.6. The van der Waals surface area contributed by atoms with Crippen molar-refractivity contribution in [2.75, 3.05) is 0 Å². The smallest absolute Gasteiger partial charge is 0.330 e. The SMILES string of the molecule is CCCC1/C=C/C=C/CC(C)C(O)C(C)(O)C(O)C(O)C(O)C(C)C(O)C(C)C(O)C(C)/C=C/C(=O)OC2C(C)C(CC1)OC1(CCC(C)C(CC(O)CC)O1)C2C. The Morgan fingerprint density at radius 2 is 1.43 bits per heavy atom. The van der Waals surface area contributed by atoms with Crippen molar-refractivity contribution in [2.24, 2.45) is 47.3 Å². The van der Waals surface area contributed by atoms with E-state index in [-0.39, 0.29) is 35.9 Å². The molecule has 20 atom stereocenters. The zero-order chi connectivity index (χ0) is 43.7. The monoisotopic (exact) mass is 825 g/mol. The predicted molar refractivity (Wildman–Crippen MR) is 223 cm³/mol. The second-order valence-electron chi connectivity index (χ2n) is 18.7. The molecule has 0 aromatic carbocycles. The average Bonchev–Trinajstić information content (AvgIpc) is 3.20. The minimum Gasteiger partial charge on any atom is -0.458 e. The van der Waals surface area contributed by atoms with Gasteiger partial charge in [0.15, 0.2) is 5.79 Å². The molecule has 3 aliphatic rings. The highest BCUT2D eigenvalue weighted by atomic mass is 16.7. The van der Waals surface area contributed by atoms with Crippen LogP contribution in [0.2, 0.25) is 0 Å². The van der Waals surface area contributed by atoms with Crippen molar-refractivity contribution in [1.82, 2.24) is 0 Å². The van der Waals surface area contributed by atoms with Gasteiger partial charge in [-0.2, -0.15) is 0 Å². The van der Waals surface area contributed by atoms with Crippen LogP contribution in [-0.2, 0) is 19.0 Å². The van der Waals surface area contributed by atoms with Crippen LogP contribution in [0.3, 0.4) is 0 Å². The summed E-state index contributed by atoms with van der Waals surface area (Å²) in [7, 11) is 0. The summed E-state index contributed by atoms with van der Waals surface area (Å²) in [6.07, 6.45) is 5.86. The summed E-state index contributed by atoms with van der Waals surface area (Å²) < 4.78 is 20.2. The molecule has 20 unspecified atom stereocenters. The van der Waals surface area contributed by atoms with Crippen LogP contribution in [0.5, 0.6) is 0 Å². The molecule has 8 N–H and O–H groups in total. The van der Waals surface area contributed by atoms with Crippen LogP contribution in [0.25, 0.3) is 0 Å². The highest BCUT2D eigenvalue weighted by Crippen LogP contribution is 2.49. The predicted octanol–water partition coefficient (Wildman–Crippen LogP) is 4.97. The molecule has 0 aromatic rings. The van der Waals surface area contributed by atoms with Gasteiger partial charge in [0.1, 0.15) is 23.9 Å². The van der Waals surface area contributed by atoms with Crippen LogP contribution >= 0.6 is 0 Å². The molecular weight excluding hydrogens is 744 g/mol. The Morgan fingerprint density at radius 1 is 0.776 bits per heavy atom. The molecule has 3 rings (SSSR count). The molecule has 0 saturated carbocycles. The molecule has 2 saturated heterocycles. The van der Waals surface area contributed by atoms with Gasteiger partial charge in [-0.3, -0.25) is 0 Å². The van der Waals surface area contributed by atoms with Crippen molar-refractivity contribution in [3.63, 3.8) is 0 Å². The Bertz CT molecular complexity index is 1340. The molecule has 1 spiro atoms. The summed E-state index contributed by atoms with van der Waals surface area (Å²) in [5.74, 6) is -4.74. The molecule has 2 fully saturated rings. The van der Waals surface area contributed by atoms with Crippen LogP contribution in [0.4, 0.5) is 0 Å². The maximum Gasteiger partial charge on any atom is 0.330 e. The van der Waals surface area contributed by atoms with Gasteiger partial charge in [0.2, 0.25) is 0 Å². The van der Waals surface area contributed by atoms with Crippen LogP contribution in [-0.4, -0.2) is 119 Å². The first-order valence-corrected chi connectivity index (χ1v) is 22.2. The third-order valence-electron chi connectivity index (χ3n) is 14.1. The van der Waals surface area contributed by atoms with E-state index in [4.69, 9.17) is 14.2 Å². The van der Waals surface area contributed by atoms with Gasteiger partial charge >= 0.3 is 5.97 Å². The summed E-state index contributed by atoms with van der Waals surface area (Å²) in [6, 6.07) is 0. The molecule has 12 heteroatoms. The zero-order valence-corrected chi connectivity index (χ0v) is 36.9. The number of carbonyl (C=O) groups excluding carboxylic acids is 1. The average molecular weight is 825 g/mol. The van der Waals surface area contributed by atoms with Gasteiger partial charge in [-0.15, -0.1) is 0 Å². The van der Waals surface area contributed by atoms with Crippen LogP contribution in [0.1, 0.15) is 127 Å². The number of carbonyl (C=O) groups is 1. The maximum absolute atomic E-state index is 13.6. The fourth-order valence-electron chi connectivity index (χ4n) is 9.38. The fraction of sp³-hybridized carbons (Fsp3) is 0.848. The Kier molecular flexibility index (Phi) is 19.6. The molecule has 0 amide bonds. The molecule has 0 aromatic heterocycles. The molecule has 3 aliphatic heterocycles. The molecule has 336 valence electrons. The van der Waals surface area contributed by atoms with Crippen molar-refractivity contribution >= 4 is 5.97 Å². The Hall–Kier alpha value is -1.71. The van der Waals surface area contributed by atoms with Gasteiger partial charge in [-0.25, -0.2) is 4.79 Å². The largest absolute Gasteiger partial charge is 0.458 e. The Morgan fingerprint density at radius 3 is 2.07 bits per heavy atom. The molecule has 0 radical (unpaired) electrons. The summed E-state index contributed by atoms with van der Waals surface area (Å²) in [6.45, 7) is 17.9. The normalized spacial score (nSPS) is 48.1. The highest BCUT2D eigenvalue weighted by Gasteiger charge is 2.56. The van der Waals surface area contributed by atoms with E-state index in [1.165, 1.54) is 26.0 Å². The van der Waals surface area contributed by atoms with E-state index in [1.54, 1.807) is 20.8 Å². The summed E-state index contributed by atoms with van der Waals surface area (Å²) in [4.78, 5) is 13.6. The number of hydrogen-bond acceptors (Lipinski definition) is 12. The molecular formula is C46H80O12. The van der Waals surface area contributed by atoms with E-state index in [0.717, 1.165) is 25.7 Å². The number of aliphatic hydroxyl groups is 8. The van der Waals surface area contributed by atoms with Gasteiger partial charge in [0.25, 0.3) is 0 Å². The van der Waals surface area contributed by atoms with Gasteiger partial charge in [-0.1, -0.05) is 99.1 Å². The number of esters is 1. The number of aliphatic hydroxyl groups excluding tert-OH is 7. The number of ether oxygens (including phenoxy) is 3. The molecule has 58 heavy (non-hydrogen) atoms. The Labute approximate surface area is 348 Å². The van der Waals surface area contributed by atoms with E-state index in [1.807, 2.05) is 32.1 Å². The second kappa shape index (κ2) is 22.4. The van der Waals surface area contributed by atoms with Crippen LogP contribution < -0.4 is 0 Å². The first-order valence-electron chi connectivity index (χ1n) is 22.2. The lowest BCUT2D eigenvalue weighted by molar-refractivity contribution is -0.371. The first-order chi connectivity index (χ1) is 27.1. The lowest BCUT2D eigenvalue weighted by atomic mass is 9.74. The quantitative estimate of drug-likeness (QED) is 0.173. The summed E-state index contributed by atoms with van der Waals surface area (Å²) in [5.41, 5.74) is -2.21. The molecule has 2 bridgehead atoms. The lowest BCUT2D eigenvalue weighted by Gasteiger charge is -2.55. The van der Waals surface area contributed by atoms with E-state index >= 15 is 0 Å². The first kappa shape index (κ1) is 50.6. The third-order valence-corrected chi connectivity index (χ3v) is 14.1. The van der Waals surface area contributed by atoms with E-state index in [0.29, 0.717) is 32.1 Å². The van der Waals surface area contributed by atoms with E-state index in [9.17, 15) is 45.6 Å². The minimum absolute atomic E-state index is 0.171. The van der Waals surface area contributed by atoms with Crippen molar-refractivity contribution in [1.29, 1.82) is 0 Å². The number of rotatable bonds is 5. The lowest BCUT2D eigenvalue weighted by Crippen LogP contribution is -2.62. The van der Waals surface area contributed by atoms with E-state index in [2.05, 4.69) is 26.8 Å². The number of allylic oxidation sites excluding steroid dienone is 4. The number of fused-ring (bicyclic) bond motifs is 2. The summed E-state index contributed by atoms with van der Waals surface area (Å²) in [5, 5.41) is 88.5. The van der Waals surface area contributed by atoms with Crippen LogP contribution in [0.15, 0.2) is 36.5 Å². The number of hydrogen-bond donors (Lipinski definition) is 8.